The SMILES string of the molecule is Cc1ccc2sc(N(CC[NH+]3CCOCC3)C(=O)c3cccs3)nc2c1C. The Balaban J connectivity index is 1.64. The predicted octanol–water partition coefficient (Wildman–Crippen LogP) is 2.54. The van der Waals surface area contributed by atoms with E-state index in [4.69, 9.17) is 9.72 Å². The van der Waals surface area contributed by atoms with E-state index in [9.17, 15) is 4.79 Å². The third-order valence-corrected chi connectivity index (χ3v) is 7.07. The fourth-order valence-corrected chi connectivity index (χ4v) is 5.05. The van der Waals surface area contributed by atoms with Gasteiger partial charge in [0.25, 0.3) is 5.91 Å². The number of morpholine rings is 1. The molecule has 0 unspecified atom stereocenters. The molecule has 27 heavy (non-hydrogen) atoms. The summed E-state index contributed by atoms with van der Waals surface area (Å²) < 4.78 is 6.59. The van der Waals surface area contributed by atoms with Gasteiger partial charge in [-0.1, -0.05) is 23.5 Å². The molecule has 1 aliphatic rings. The molecule has 0 aliphatic carbocycles. The van der Waals surface area contributed by atoms with E-state index in [0.29, 0.717) is 6.54 Å². The van der Waals surface area contributed by atoms with Crippen LogP contribution in [0.15, 0.2) is 29.6 Å². The Kier molecular flexibility index (Phi) is 5.54. The molecule has 0 atom stereocenters. The van der Waals surface area contributed by atoms with Gasteiger partial charge in [0, 0.05) is 0 Å². The Morgan fingerprint density at radius 2 is 2.07 bits per heavy atom. The molecular weight excluding hydrogens is 378 g/mol. The van der Waals surface area contributed by atoms with Gasteiger partial charge in [0.2, 0.25) is 0 Å². The van der Waals surface area contributed by atoms with E-state index in [0.717, 1.165) is 53.1 Å². The molecule has 0 radical (unpaired) electrons. The number of thiazole rings is 1. The number of nitrogens with zero attached hydrogens (tertiary/aromatic N) is 2. The Hall–Kier alpha value is -1.80. The number of fused-ring (bicyclic) bond motifs is 1. The quantitative estimate of drug-likeness (QED) is 0.713. The van der Waals surface area contributed by atoms with Gasteiger partial charge in [0.1, 0.15) is 13.1 Å². The minimum absolute atomic E-state index is 0.0473. The lowest BCUT2D eigenvalue weighted by Gasteiger charge is -2.26. The van der Waals surface area contributed by atoms with Gasteiger partial charge < -0.3 is 9.64 Å². The summed E-state index contributed by atoms with van der Waals surface area (Å²) >= 11 is 3.09. The zero-order valence-electron chi connectivity index (χ0n) is 15.7. The average molecular weight is 403 g/mol. The molecule has 3 heterocycles. The van der Waals surface area contributed by atoms with Gasteiger partial charge in [0.05, 0.1) is 41.4 Å². The Labute approximate surface area is 167 Å². The van der Waals surface area contributed by atoms with Gasteiger partial charge in [-0.15, -0.1) is 11.3 Å². The largest absolute Gasteiger partial charge is 0.370 e. The summed E-state index contributed by atoms with van der Waals surface area (Å²) in [5.41, 5.74) is 3.43. The number of nitrogens with one attached hydrogen (secondary N) is 1. The highest BCUT2D eigenvalue weighted by atomic mass is 32.1. The van der Waals surface area contributed by atoms with Crippen LogP contribution in [-0.2, 0) is 4.74 Å². The highest BCUT2D eigenvalue weighted by molar-refractivity contribution is 7.22. The number of benzene rings is 1. The molecule has 3 aromatic rings. The maximum atomic E-state index is 13.2. The van der Waals surface area contributed by atoms with Gasteiger partial charge in [0.15, 0.2) is 5.13 Å². The van der Waals surface area contributed by atoms with Gasteiger partial charge >= 0.3 is 0 Å². The molecule has 1 amide bonds. The number of hydrogen-bond donors (Lipinski definition) is 1. The topological polar surface area (TPSA) is 46.9 Å². The van der Waals surface area contributed by atoms with E-state index >= 15 is 0 Å². The summed E-state index contributed by atoms with van der Waals surface area (Å²) in [5.74, 6) is 0.0473. The van der Waals surface area contributed by atoms with Crippen LogP contribution in [0.1, 0.15) is 20.8 Å². The number of ether oxygens (including phenoxy) is 1. The third-order valence-electron chi connectivity index (χ3n) is 5.17. The van der Waals surface area contributed by atoms with E-state index in [1.165, 1.54) is 27.4 Å². The summed E-state index contributed by atoms with van der Waals surface area (Å²) in [4.78, 5) is 22.2. The molecule has 0 bridgehead atoms. The fourth-order valence-electron chi connectivity index (χ4n) is 3.33. The van der Waals surface area contributed by atoms with Crippen molar-refractivity contribution in [1.29, 1.82) is 0 Å². The summed E-state index contributed by atoms with van der Waals surface area (Å²) in [6.45, 7) is 9.38. The van der Waals surface area contributed by atoms with Crippen molar-refractivity contribution in [1.82, 2.24) is 4.98 Å². The first-order chi connectivity index (χ1) is 13.1. The molecule has 1 N–H and O–H groups in total. The average Bonchev–Trinajstić information content (AvgIpc) is 3.36. The number of rotatable bonds is 5. The second kappa shape index (κ2) is 8.06. The zero-order chi connectivity index (χ0) is 18.8. The van der Waals surface area contributed by atoms with Crippen LogP contribution in [0.2, 0.25) is 0 Å². The fraction of sp³-hybridized carbons (Fsp3) is 0.400. The van der Waals surface area contributed by atoms with Crippen LogP contribution in [0.4, 0.5) is 5.13 Å². The van der Waals surface area contributed by atoms with Crippen LogP contribution in [0.25, 0.3) is 10.2 Å². The zero-order valence-corrected chi connectivity index (χ0v) is 17.3. The van der Waals surface area contributed by atoms with Crippen LogP contribution in [0.5, 0.6) is 0 Å². The monoisotopic (exact) mass is 402 g/mol. The van der Waals surface area contributed by atoms with Crippen molar-refractivity contribution in [2.45, 2.75) is 13.8 Å². The normalized spacial score (nSPS) is 15.3. The lowest BCUT2D eigenvalue weighted by Crippen LogP contribution is -3.14. The number of carbonyl (C=O) groups excluding carboxylic acids is 1. The molecule has 4 rings (SSSR count). The van der Waals surface area contributed by atoms with E-state index in [2.05, 4.69) is 26.0 Å². The predicted molar refractivity (Wildman–Crippen MR) is 111 cm³/mol. The van der Waals surface area contributed by atoms with Gasteiger partial charge in [-0.25, -0.2) is 4.98 Å². The first-order valence-electron chi connectivity index (χ1n) is 9.27. The van der Waals surface area contributed by atoms with Crippen molar-refractivity contribution < 1.29 is 14.4 Å². The van der Waals surface area contributed by atoms with Crippen LogP contribution < -0.4 is 9.80 Å². The van der Waals surface area contributed by atoms with Crippen LogP contribution in [-0.4, -0.2) is 50.3 Å². The summed E-state index contributed by atoms with van der Waals surface area (Å²) in [5, 5.41) is 2.74. The number of amides is 1. The van der Waals surface area contributed by atoms with Crippen molar-refractivity contribution in [2.75, 3.05) is 44.3 Å². The number of quaternary nitrogens is 1. The third kappa shape index (κ3) is 3.91. The lowest BCUT2D eigenvalue weighted by molar-refractivity contribution is -0.906. The van der Waals surface area contributed by atoms with Crippen LogP contribution in [0.3, 0.4) is 0 Å². The lowest BCUT2D eigenvalue weighted by atomic mass is 10.1. The van der Waals surface area contributed by atoms with Gasteiger partial charge in [-0.3, -0.25) is 9.69 Å². The molecule has 0 spiro atoms. The highest BCUT2D eigenvalue weighted by Crippen LogP contribution is 2.32. The standard InChI is InChI=1S/C20H23N3O2S2/c1-14-5-6-16-18(15(14)2)21-20(27-16)23(19(24)17-4-3-13-26-17)8-7-22-9-11-25-12-10-22/h3-6,13H,7-12H2,1-2H3/p+1. The minimum Gasteiger partial charge on any atom is -0.370 e. The smallest absolute Gasteiger partial charge is 0.270 e. The number of hydrogen-bond acceptors (Lipinski definition) is 5. The molecule has 1 aliphatic heterocycles. The molecule has 1 saturated heterocycles. The summed E-state index contributed by atoms with van der Waals surface area (Å²) in [6, 6.07) is 8.06. The molecular formula is C20H24N3O2S2+. The van der Waals surface area contributed by atoms with Crippen molar-refractivity contribution in [3.63, 3.8) is 0 Å². The minimum atomic E-state index is 0.0473. The van der Waals surface area contributed by atoms with Crippen LogP contribution >= 0.6 is 22.7 Å². The molecule has 1 fully saturated rings. The first kappa shape index (κ1) is 18.6. The molecule has 142 valence electrons. The van der Waals surface area contributed by atoms with E-state index in [-0.39, 0.29) is 5.91 Å². The molecule has 0 saturated carbocycles. The number of anilines is 1. The van der Waals surface area contributed by atoms with E-state index in [1.807, 2.05) is 22.4 Å². The Morgan fingerprint density at radius 3 is 2.81 bits per heavy atom. The molecule has 7 heteroatoms. The van der Waals surface area contributed by atoms with Crippen molar-refractivity contribution >= 4 is 43.9 Å². The van der Waals surface area contributed by atoms with E-state index in [1.54, 1.807) is 11.3 Å². The van der Waals surface area contributed by atoms with Crippen LogP contribution in [0, 0.1) is 13.8 Å². The molecule has 5 nitrogen and oxygen atoms in total. The number of aromatic nitrogens is 1. The number of aryl methyl sites for hydroxylation is 2. The molecule has 1 aromatic carbocycles. The summed E-state index contributed by atoms with van der Waals surface area (Å²) in [6.07, 6.45) is 0. The Morgan fingerprint density at radius 1 is 1.26 bits per heavy atom. The van der Waals surface area contributed by atoms with Gasteiger partial charge in [-0.05, 0) is 42.5 Å². The molecule has 2 aromatic heterocycles. The number of carbonyl (C=O) groups is 1. The second-order valence-electron chi connectivity index (χ2n) is 6.90. The highest BCUT2D eigenvalue weighted by Gasteiger charge is 2.25. The number of thiophene rings is 1. The maximum absolute atomic E-state index is 13.2. The summed E-state index contributed by atoms with van der Waals surface area (Å²) in [7, 11) is 0. The van der Waals surface area contributed by atoms with Crippen molar-refractivity contribution in [3.8, 4) is 0 Å². The van der Waals surface area contributed by atoms with Crippen molar-refractivity contribution in [2.24, 2.45) is 0 Å². The Bertz CT molecular complexity index is 930. The van der Waals surface area contributed by atoms with E-state index < -0.39 is 0 Å². The van der Waals surface area contributed by atoms with Crippen molar-refractivity contribution in [3.05, 3.63) is 45.6 Å². The second-order valence-corrected chi connectivity index (χ2v) is 8.85. The first-order valence-corrected chi connectivity index (χ1v) is 11.0. The van der Waals surface area contributed by atoms with Gasteiger partial charge in [-0.2, -0.15) is 0 Å². The maximum Gasteiger partial charge on any atom is 0.270 e.